The minimum atomic E-state index is -3.99. The average molecular weight is 465 g/mol. The normalized spacial score (nSPS) is 11.9. The maximum atomic E-state index is 13.5. The van der Waals surface area contributed by atoms with Gasteiger partial charge in [-0.1, -0.05) is 24.3 Å². The fraction of sp³-hybridized carbons (Fsp3) is 0.200. The first-order chi connectivity index (χ1) is 15.7. The van der Waals surface area contributed by atoms with Gasteiger partial charge in [-0.15, -0.1) is 0 Å². The molecular formula is C25H24N2O5S. The average Bonchev–Trinajstić information content (AvgIpc) is 3.30. The van der Waals surface area contributed by atoms with Crippen molar-refractivity contribution in [3.63, 3.8) is 0 Å². The molecule has 4 aromatic rings. The predicted molar refractivity (Wildman–Crippen MR) is 126 cm³/mol. The van der Waals surface area contributed by atoms with Crippen LogP contribution in [-0.2, 0) is 23.1 Å². The number of ketones is 1. The number of fused-ring (bicyclic) bond motifs is 1. The molecule has 7 nitrogen and oxygen atoms in total. The Morgan fingerprint density at radius 1 is 1.03 bits per heavy atom. The molecule has 0 bridgehead atoms. The number of hydrogen-bond donors (Lipinski definition) is 1. The lowest BCUT2D eigenvalue weighted by Gasteiger charge is -2.21. The standard InChI is InChI=1S/C25H24N2O5S/c1-16-6-7-20-13-21(25(29)26-24(20)17(16)2)14-27(15-22-5-4-12-32-22)33(30,31)23-10-8-19(9-11-23)18(3)28/h4-13H,14-15H2,1-3H3,(H,26,29). The minimum Gasteiger partial charge on any atom is -0.468 e. The Labute approximate surface area is 191 Å². The minimum absolute atomic E-state index is 0.0303. The molecule has 33 heavy (non-hydrogen) atoms. The van der Waals surface area contributed by atoms with Gasteiger partial charge in [-0.3, -0.25) is 9.59 Å². The van der Waals surface area contributed by atoms with Gasteiger partial charge in [-0.05, 0) is 67.6 Å². The largest absolute Gasteiger partial charge is 0.468 e. The maximum Gasteiger partial charge on any atom is 0.252 e. The van der Waals surface area contributed by atoms with Crippen molar-refractivity contribution in [1.82, 2.24) is 9.29 Å². The third kappa shape index (κ3) is 4.53. The number of benzene rings is 2. The van der Waals surface area contributed by atoms with Crippen LogP contribution < -0.4 is 5.56 Å². The number of nitrogens with one attached hydrogen (secondary N) is 1. The number of H-pyrrole nitrogens is 1. The number of rotatable bonds is 7. The summed E-state index contributed by atoms with van der Waals surface area (Å²) in [4.78, 5) is 27.4. The van der Waals surface area contributed by atoms with E-state index in [4.69, 9.17) is 4.42 Å². The van der Waals surface area contributed by atoms with Crippen LogP contribution in [0.4, 0.5) is 0 Å². The van der Waals surface area contributed by atoms with Gasteiger partial charge in [0.25, 0.3) is 5.56 Å². The van der Waals surface area contributed by atoms with Crippen molar-refractivity contribution in [2.75, 3.05) is 0 Å². The number of carbonyl (C=O) groups excluding carboxylic acids is 1. The molecule has 0 aliphatic heterocycles. The van der Waals surface area contributed by atoms with E-state index in [1.807, 2.05) is 26.0 Å². The van der Waals surface area contributed by atoms with Crippen molar-refractivity contribution in [2.24, 2.45) is 0 Å². The van der Waals surface area contributed by atoms with Crippen molar-refractivity contribution in [1.29, 1.82) is 0 Å². The van der Waals surface area contributed by atoms with E-state index in [1.54, 1.807) is 18.2 Å². The van der Waals surface area contributed by atoms with E-state index in [9.17, 15) is 18.0 Å². The fourth-order valence-corrected chi connectivity index (χ4v) is 5.07. The zero-order chi connectivity index (χ0) is 23.8. The molecule has 8 heteroatoms. The molecule has 0 atom stereocenters. The van der Waals surface area contributed by atoms with Gasteiger partial charge in [0.1, 0.15) is 5.76 Å². The molecule has 0 unspecified atom stereocenters. The summed E-state index contributed by atoms with van der Waals surface area (Å²) >= 11 is 0. The number of carbonyl (C=O) groups is 1. The highest BCUT2D eigenvalue weighted by atomic mass is 32.2. The van der Waals surface area contributed by atoms with Crippen molar-refractivity contribution in [3.05, 3.63) is 99.2 Å². The molecule has 0 fully saturated rings. The second-order valence-corrected chi connectivity index (χ2v) is 9.97. The lowest BCUT2D eigenvalue weighted by molar-refractivity contribution is 0.101. The lowest BCUT2D eigenvalue weighted by atomic mass is 10.0. The number of aromatic nitrogens is 1. The second-order valence-electron chi connectivity index (χ2n) is 8.03. The summed E-state index contributed by atoms with van der Waals surface area (Å²) in [6, 6.07) is 14.7. The summed E-state index contributed by atoms with van der Waals surface area (Å²) < 4.78 is 33.6. The molecule has 0 spiro atoms. The Kier molecular flexibility index (Phi) is 6.05. The Hall–Kier alpha value is -3.49. The summed E-state index contributed by atoms with van der Waals surface area (Å²) in [5.41, 5.74) is 3.17. The molecule has 170 valence electrons. The Morgan fingerprint density at radius 2 is 1.76 bits per heavy atom. The van der Waals surface area contributed by atoms with Crippen molar-refractivity contribution < 1.29 is 17.6 Å². The highest BCUT2D eigenvalue weighted by Gasteiger charge is 2.27. The molecular weight excluding hydrogens is 440 g/mol. The smallest absolute Gasteiger partial charge is 0.252 e. The zero-order valence-corrected chi connectivity index (χ0v) is 19.4. The molecule has 0 amide bonds. The Morgan fingerprint density at radius 3 is 2.39 bits per heavy atom. The monoisotopic (exact) mass is 464 g/mol. The number of Topliss-reactive ketones (excluding diaryl/α,β-unsaturated/α-hetero) is 1. The van der Waals surface area contributed by atoms with E-state index < -0.39 is 10.0 Å². The second kappa shape index (κ2) is 8.80. The fourth-order valence-electron chi connectivity index (χ4n) is 3.69. The van der Waals surface area contributed by atoms with Gasteiger partial charge >= 0.3 is 0 Å². The number of pyridine rings is 1. The van der Waals surface area contributed by atoms with Gasteiger partial charge in [-0.2, -0.15) is 4.31 Å². The van der Waals surface area contributed by atoms with Crippen molar-refractivity contribution >= 4 is 26.7 Å². The van der Waals surface area contributed by atoms with Crippen LogP contribution in [0.3, 0.4) is 0 Å². The number of sulfonamides is 1. The van der Waals surface area contributed by atoms with Crippen LogP contribution in [0.25, 0.3) is 10.9 Å². The summed E-state index contributed by atoms with van der Waals surface area (Å²) in [6.45, 7) is 5.13. The number of aromatic amines is 1. The van der Waals surface area contributed by atoms with Crippen LogP contribution in [0.1, 0.15) is 39.7 Å². The van der Waals surface area contributed by atoms with Crippen LogP contribution in [0.2, 0.25) is 0 Å². The van der Waals surface area contributed by atoms with Gasteiger partial charge in [0, 0.05) is 17.7 Å². The van der Waals surface area contributed by atoms with Crippen molar-refractivity contribution in [3.8, 4) is 0 Å². The molecule has 0 saturated heterocycles. The van der Waals surface area contributed by atoms with E-state index >= 15 is 0 Å². The number of furan rings is 1. The Bertz CT molecular complexity index is 1480. The summed E-state index contributed by atoms with van der Waals surface area (Å²) in [5.74, 6) is 0.294. The Balaban J connectivity index is 1.76. The molecule has 0 radical (unpaired) electrons. The maximum absolute atomic E-state index is 13.5. The molecule has 0 aliphatic rings. The van der Waals surface area contributed by atoms with E-state index in [-0.39, 0.29) is 29.3 Å². The van der Waals surface area contributed by atoms with Crippen LogP contribution in [0.5, 0.6) is 0 Å². The summed E-state index contributed by atoms with van der Waals surface area (Å²) in [6.07, 6.45) is 1.47. The van der Waals surface area contributed by atoms with Gasteiger partial charge in [-0.25, -0.2) is 8.42 Å². The molecule has 0 aliphatic carbocycles. The molecule has 4 rings (SSSR count). The first-order valence-electron chi connectivity index (χ1n) is 10.4. The molecule has 2 aromatic carbocycles. The lowest BCUT2D eigenvalue weighted by Crippen LogP contribution is -2.32. The van der Waals surface area contributed by atoms with E-state index in [0.717, 1.165) is 22.0 Å². The highest BCUT2D eigenvalue weighted by molar-refractivity contribution is 7.89. The summed E-state index contributed by atoms with van der Waals surface area (Å²) in [7, 11) is -3.99. The van der Waals surface area contributed by atoms with Crippen LogP contribution >= 0.6 is 0 Å². The first kappa shape index (κ1) is 22.7. The SMILES string of the molecule is CC(=O)c1ccc(S(=O)(=O)N(Cc2ccco2)Cc2cc3ccc(C)c(C)c3[nH]c2=O)cc1. The van der Waals surface area contributed by atoms with E-state index in [0.29, 0.717) is 16.9 Å². The zero-order valence-electron chi connectivity index (χ0n) is 18.6. The molecule has 1 N–H and O–H groups in total. The quantitative estimate of drug-likeness (QED) is 0.410. The van der Waals surface area contributed by atoms with Gasteiger partial charge in [0.2, 0.25) is 10.0 Å². The van der Waals surface area contributed by atoms with Crippen LogP contribution in [-0.4, -0.2) is 23.5 Å². The third-order valence-electron chi connectivity index (χ3n) is 5.79. The molecule has 2 heterocycles. The number of hydrogen-bond acceptors (Lipinski definition) is 5. The number of aryl methyl sites for hydroxylation is 2. The van der Waals surface area contributed by atoms with Gasteiger partial charge in [0.05, 0.1) is 23.2 Å². The highest BCUT2D eigenvalue weighted by Crippen LogP contribution is 2.23. The summed E-state index contributed by atoms with van der Waals surface area (Å²) in [5, 5.41) is 0.828. The molecule has 2 aromatic heterocycles. The predicted octanol–water partition coefficient (Wildman–Crippen LogP) is 4.33. The number of nitrogens with zero attached hydrogens (tertiary/aromatic N) is 1. The first-order valence-corrected chi connectivity index (χ1v) is 11.9. The topological polar surface area (TPSA) is 100 Å². The van der Waals surface area contributed by atoms with Crippen LogP contribution in [0, 0.1) is 13.8 Å². The van der Waals surface area contributed by atoms with E-state index in [1.165, 1.54) is 41.8 Å². The van der Waals surface area contributed by atoms with Crippen LogP contribution in [0.15, 0.2) is 75.0 Å². The van der Waals surface area contributed by atoms with Crippen molar-refractivity contribution in [2.45, 2.75) is 38.8 Å². The van der Waals surface area contributed by atoms with Gasteiger partial charge < -0.3 is 9.40 Å². The van der Waals surface area contributed by atoms with E-state index in [2.05, 4.69) is 4.98 Å². The molecule has 0 saturated carbocycles. The van der Waals surface area contributed by atoms with Gasteiger partial charge in [0.15, 0.2) is 5.78 Å². The third-order valence-corrected chi connectivity index (χ3v) is 7.59.